The van der Waals surface area contributed by atoms with E-state index in [2.05, 4.69) is 34.1 Å². The summed E-state index contributed by atoms with van der Waals surface area (Å²) in [6, 6.07) is 24.3. The largest absolute Gasteiger partial charge is 0.496 e. The molecule has 2 fully saturated rings. The number of thioether (sulfide) groups is 1. The minimum atomic E-state index is -0.553. The maximum Gasteiger partial charge on any atom is 0.247 e. The van der Waals surface area contributed by atoms with Gasteiger partial charge in [0.1, 0.15) is 15.3 Å². The highest BCUT2D eigenvalue weighted by molar-refractivity contribution is 8.23. The number of hydrogen-bond donors (Lipinski definition) is 0. The number of hydrogen-bond acceptors (Lipinski definition) is 7. The van der Waals surface area contributed by atoms with Gasteiger partial charge in [-0.3, -0.25) is 19.3 Å². The van der Waals surface area contributed by atoms with E-state index in [-0.39, 0.29) is 24.0 Å². The van der Waals surface area contributed by atoms with Crippen LogP contribution in [-0.4, -0.2) is 70.3 Å². The lowest BCUT2D eigenvalue weighted by molar-refractivity contribution is -0.121. The third-order valence-electron chi connectivity index (χ3n) is 7.19. The minimum absolute atomic E-state index is 0.0972. The molecule has 0 radical (unpaired) electrons. The number of para-hydroxylation sites is 1. The monoisotopic (exact) mass is 585 g/mol. The Kier molecular flexibility index (Phi) is 9.28. The van der Waals surface area contributed by atoms with Gasteiger partial charge in [0.05, 0.1) is 12.8 Å². The maximum absolute atomic E-state index is 13.2. The lowest BCUT2D eigenvalue weighted by atomic mass is 10.1. The van der Waals surface area contributed by atoms with Crippen molar-refractivity contribution in [1.82, 2.24) is 9.80 Å². The summed E-state index contributed by atoms with van der Waals surface area (Å²) in [5.74, 6) is -0.0577. The number of carbonyl (C=O) groups is 3. The second-order valence-electron chi connectivity index (χ2n) is 9.88. The van der Waals surface area contributed by atoms with E-state index >= 15 is 0 Å². The first kappa shape index (κ1) is 28.7. The van der Waals surface area contributed by atoms with Crippen LogP contribution < -0.4 is 9.64 Å². The van der Waals surface area contributed by atoms with Crippen molar-refractivity contribution in [3.05, 3.63) is 102 Å². The smallest absolute Gasteiger partial charge is 0.247 e. The summed E-state index contributed by atoms with van der Waals surface area (Å²) in [6.07, 6.45) is 3.28. The summed E-state index contributed by atoms with van der Waals surface area (Å²) in [7, 11) is 1.58. The number of thiocarbonyl (C=S) groups is 1. The van der Waals surface area contributed by atoms with Crippen LogP contribution in [0.25, 0.3) is 6.08 Å². The first-order chi connectivity index (χ1) is 19.9. The van der Waals surface area contributed by atoms with Crippen LogP contribution in [0, 0.1) is 0 Å². The van der Waals surface area contributed by atoms with Crippen LogP contribution in [0.2, 0.25) is 0 Å². The van der Waals surface area contributed by atoms with Crippen LogP contribution in [0.3, 0.4) is 0 Å². The molecule has 2 aliphatic rings. The van der Waals surface area contributed by atoms with Gasteiger partial charge >= 0.3 is 0 Å². The molecule has 3 aromatic rings. The predicted molar refractivity (Wildman–Crippen MR) is 167 cm³/mol. The zero-order valence-corrected chi connectivity index (χ0v) is 24.4. The van der Waals surface area contributed by atoms with Gasteiger partial charge in [-0.25, -0.2) is 4.90 Å². The van der Waals surface area contributed by atoms with Gasteiger partial charge in [-0.1, -0.05) is 72.5 Å². The Morgan fingerprint density at radius 3 is 2.34 bits per heavy atom. The number of methoxy groups -OCH3 is 1. The maximum atomic E-state index is 13.2. The topological polar surface area (TPSA) is 70.2 Å². The lowest BCUT2D eigenvalue weighted by Crippen LogP contribution is -2.47. The molecule has 2 aliphatic heterocycles. The van der Waals surface area contributed by atoms with Gasteiger partial charge in [-0.15, -0.1) is 0 Å². The number of ether oxygens (including phenoxy) is 1. The lowest BCUT2D eigenvalue weighted by Gasteiger charge is -2.36. The third kappa shape index (κ3) is 6.93. The van der Waals surface area contributed by atoms with E-state index < -0.39 is 5.25 Å². The van der Waals surface area contributed by atoms with Crippen LogP contribution in [0.5, 0.6) is 5.75 Å². The second-order valence-corrected chi connectivity index (χ2v) is 11.7. The van der Waals surface area contributed by atoms with Gasteiger partial charge in [0, 0.05) is 50.3 Å². The van der Waals surface area contributed by atoms with Gasteiger partial charge in [0.15, 0.2) is 5.78 Å². The molecule has 2 heterocycles. The van der Waals surface area contributed by atoms with Crippen molar-refractivity contribution in [1.29, 1.82) is 0 Å². The van der Waals surface area contributed by atoms with Gasteiger partial charge < -0.3 is 9.64 Å². The average molecular weight is 586 g/mol. The van der Waals surface area contributed by atoms with Crippen LogP contribution >= 0.6 is 24.0 Å². The molecule has 0 aromatic heterocycles. The van der Waals surface area contributed by atoms with Crippen LogP contribution in [0.1, 0.15) is 27.9 Å². The van der Waals surface area contributed by atoms with Crippen LogP contribution in [0.4, 0.5) is 5.69 Å². The molecule has 1 atom stereocenters. The Hall–Kier alpha value is -3.79. The number of anilines is 1. The van der Waals surface area contributed by atoms with Crippen LogP contribution in [0.15, 0.2) is 84.9 Å². The molecule has 210 valence electrons. The Labute approximate surface area is 249 Å². The Bertz CT molecular complexity index is 1450. The standard InChI is InChI=1S/C32H31N3O4S2/c1-39-28-10-6-5-9-25(28)13-16-27(36)24-11-14-26(15-12-24)35-30(37)21-29(31(35)38)41-32(40)34-19-17-33(18-20-34)22-23-7-3-2-4-8-23/h2-16,29H,17-22H2,1H3. The summed E-state index contributed by atoms with van der Waals surface area (Å²) in [6.45, 7) is 4.26. The average Bonchev–Trinajstić information content (AvgIpc) is 3.28. The van der Waals surface area contributed by atoms with E-state index in [1.165, 1.54) is 28.3 Å². The highest BCUT2D eigenvalue weighted by Crippen LogP contribution is 2.32. The Morgan fingerprint density at radius 1 is 0.951 bits per heavy atom. The summed E-state index contributed by atoms with van der Waals surface area (Å²) >= 11 is 6.98. The van der Waals surface area contributed by atoms with Crippen molar-refractivity contribution in [3.8, 4) is 5.75 Å². The SMILES string of the molecule is COc1ccccc1C=CC(=O)c1ccc(N2C(=O)CC(SC(=S)N3CCN(Cc4ccccc4)CC3)C2=O)cc1. The fourth-order valence-electron chi connectivity index (χ4n) is 4.93. The molecule has 0 spiro atoms. The second kappa shape index (κ2) is 13.2. The number of benzene rings is 3. The molecule has 0 N–H and O–H groups in total. The van der Waals surface area contributed by atoms with E-state index in [0.717, 1.165) is 38.3 Å². The first-order valence-electron chi connectivity index (χ1n) is 13.5. The molecule has 0 bridgehead atoms. The third-order valence-corrected chi connectivity index (χ3v) is 8.85. The first-order valence-corrected chi connectivity index (χ1v) is 14.8. The molecule has 2 amide bonds. The number of amides is 2. The normalized spacial score (nSPS) is 17.8. The van der Waals surface area contributed by atoms with E-state index in [0.29, 0.717) is 21.3 Å². The van der Waals surface area contributed by atoms with Crippen LogP contribution in [-0.2, 0) is 16.1 Å². The van der Waals surface area contributed by atoms with E-state index in [4.69, 9.17) is 17.0 Å². The number of nitrogens with zero attached hydrogens (tertiary/aromatic N) is 3. The number of ketones is 1. The molecule has 3 aromatic carbocycles. The molecule has 1 unspecified atom stereocenters. The van der Waals surface area contributed by atoms with Crippen molar-refractivity contribution in [2.45, 2.75) is 18.2 Å². The molecule has 9 heteroatoms. The van der Waals surface area contributed by atoms with Gasteiger partial charge in [-0.2, -0.15) is 0 Å². The summed E-state index contributed by atoms with van der Waals surface area (Å²) in [4.78, 5) is 44.5. The Balaban J connectivity index is 1.15. The number of imide groups is 1. The molecule has 0 saturated carbocycles. The zero-order chi connectivity index (χ0) is 28.8. The quantitative estimate of drug-likeness (QED) is 0.157. The van der Waals surface area contributed by atoms with E-state index in [9.17, 15) is 14.4 Å². The van der Waals surface area contributed by atoms with Crippen molar-refractivity contribution >= 4 is 57.7 Å². The van der Waals surface area contributed by atoms with Crippen molar-refractivity contribution in [2.75, 3.05) is 38.2 Å². The fourth-order valence-corrected chi connectivity index (χ4v) is 6.47. The molecular formula is C32H31N3O4S2. The molecule has 2 saturated heterocycles. The van der Waals surface area contributed by atoms with Gasteiger partial charge in [0.2, 0.25) is 11.8 Å². The number of rotatable bonds is 8. The molecule has 7 nitrogen and oxygen atoms in total. The van der Waals surface area contributed by atoms with Gasteiger partial charge in [-0.05, 0) is 48.0 Å². The van der Waals surface area contributed by atoms with Crippen molar-refractivity contribution < 1.29 is 19.1 Å². The minimum Gasteiger partial charge on any atom is -0.496 e. The highest BCUT2D eigenvalue weighted by atomic mass is 32.2. The number of piperazine rings is 1. The van der Waals surface area contributed by atoms with E-state index in [1.807, 2.05) is 30.3 Å². The molecule has 41 heavy (non-hydrogen) atoms. The summed E-state index contributed by atoms with van der Waals surface area (Å²) in [5.41, 5.74) is 2.99. The van der Waals surface area contributed by atoms with Crippen molar-refractivity contribution in [2.24, 2.45) is 0 Å². The van der Waals surface area contributed by atoms with Crippen molar-refractivity contribution in [3.63, 3.8) is 0 Å². The molecular weight excluding hydrogens is 555 g/mol. The Morgan fingerprint density at radius 2 is 1.63 bits per heavy atom. The summed E-state index contributed by atoms with van der Waals surface area (Å²) < 4.78 is 5.97. The van der Waals surface area contributed by atoms with Gasteiger partial charge in [0.25, 0.3) is 0 Å². The molecule has 0 aliphatic carbocycles. The summed E-state index contributed by atoms with van der Waals surface area (Å²) in [5, 5.41) is -0.553. The number of allylic oxidation sites excluding steroid dienone is 1. The fraction of sp³-hybridized carbons (Fsp3) is 0.250. The molecule has 5 rings (SSSR count). The predicted octanol–water partition coefficient (Wildman–Crippen LogP) is 5.06. The van der Waals surface area contributed by atoms with E-state index in [1.54, 1.807) is 37.5 Å². The zero-order valence-electron chi connectivity index (χ0n) is 22.8. The highest BCUT2D eigenvalue weighted by Gasteiger charge is 2.41. The number of carbonyl (C=O) groups excluding carboxylic acids is 3.